The number of likely N-dealkylation sites (N-methyl/N-ethyl adjacent to an activating group) is 1. The Bertz CT molecular complexity index is 944. The van der Waals surface area contributed by atoms with E-state index in [1.165, 1.54) is 12.1 Å². The van der Waals surface area contributed by atoms with Crippen LogP contribution in [0.25, 0.3) is 0 Å². The van der Waals surface area contributed by atoms with E-state index < -0.39 is 11.0 Å². The summed E-state index contributed by atoms with van der Waals surface area (Å²) in [5.74, 6) is 0.560. The molecule has 1 N–H and O–H groups in total. The molecule has 2 aromatic rings. The highest BCUT2D eigenvalue weighted by atomic mass is 19.1. The van der Waals surface area contributed by atoms with Crippen LogP contribution in [0.1, 0.15) is 30.4 Å². The van der Waals surface area contributed by atoms with E-state index in [1.807, 2.05) is 41.1 Å². The summed E-state index contributed by atoms with van der Waals surface area (Å²) in [5, 5.41) is 11.3. The quantitative estimate of drug-likeness (QED) is 0.694. The molecule has 0 radical (unpaired) electrons. The molecule has 0 spiro atoms. The summed E-state index contributed by atoms with van der Waals surface area (Å²) in [6.07, 6.45) is 1.77. The molecule has 2 fully saturated rings. The Hall–Kier alpha value is -2.48. The van der Waals surface area contributed by atoms with E-state index in [9.17, 15) is 14.3 Å². The minimum atomic E-state index is -0.975. The van der Waals surface area contributed by atoms with Gasteiger partial charge in [0.15, 0.2) is 0 Å². The van der Waals surface area contributed by atoms with Gasteiger partial charge in [-0.2, -0.15) is 0 Å². The third kappa shape index (κ3) is 5.21. The first kappa shape index (κ1) is 23.7. The van der Waals surface area contributed by atoms with Gasteiger partial charge in [0.2, 0.25) is 5.91 Å². The number of benzene rings is 2. The Morgan fingerprint density at radius 3 is 2.42 bits per heavy atom. The van der Waals surface area contributed by atoms with Gasteiger partial charge in [0, 0.05) is 32.8 Å². The smallest absolute Gasteiger partial charge is 0.233 e. The van der Waals surface area contributed by atoms with Gasteiger partial charge in [-0.05, 0) is 61.7 Å². The normalized spacial score (nSPS) is 22.5. The summed E-state index contributed by atoms with van der Waals surface area (Å²) >= 11 is 0. The molecular weight excluding hydrogens is 423 g/mol. The van der Waals surface area contributed by atoms with Crippen LogP contribution < -0.4 is 4.74 Å². The van der Waals surface area contributed by atoms with E-state index in [0.717, 1.165) is 16.9 Å². The molecule has 1 amide bonds. The van der Waals surface area contributed by atoms with E-state index in [4.69, 9.17) is 9.47 Å². The van der Waals surface area contributed by atoms with Crippen molar-refractivity contribution in [3.63, 3.8) is 0 Å². The van der Waals surface area contributed by atoms with Crippen LogP contribution in [0.5, 0.6) is 5.75 Å². The topological polar surface area (TPSA) is 62.2 Å². The van der Waals surface area contributed by atoms with Crippen LogP contribution in [0.3, 0.4) is 0 Å². The SMILES string of the molecule is COc1ccc(C2(C(=O)N3CC[C@@](O)(CN(C)Cc4ccc(F)cc4)C3)CCOCC2)cc1. The zero-order chi connectivity index (χ0) is 23.5. The third-order valence-corrected chi connectivity index (χ3v) is 6.95. The van der Waals surface area contributed by atoms with Crippen molar-refractivity contribution in [2.45, 2.75) is 36.8 Å². The maximum Gasteiger partial charge on any atom is 0.233 e. The first-order valence-electron chi connectivity index (χ1n) is 11.5. The minimum Gasteiger partial charge on any atom is -0.497 e. The molecule has 0 saturated carbocycles. The van der Waals surface area contributed by atoms with Crippen molar-refractivity contribution in [1.29, 1.82) is 0 Å². The van der Waals surface area contributed by atoms with Crippen molar-refractivity contribution in [3.8, 4) is 5.75 Å². The van der Waals surface area contributed by atoms with Crippen LogP contribution >= 0.6 is 0 Å². The number of nitrogens with zero attached hydrogens (tertiary/aromatic N) is 2. The molecule has 4 rings (SSSR count). The average molecular weight is 457 g/mol. The summed E-state index contributed by atoms with van der Waals surface area (Å²) in [6, 6.07) is 14.1. The number of β-amino-alcohol motifs (C(OH)–C–C–N with tert-alkyl or cyclic N) is 1. The van der Waals surface area contributed by atoms with Crippen LogP contribution in [0.15, 0.2) is 48.5 Å². The molecule has 2 heterocycles. The number of aliphatic hydroxyl groups is 1. The Balaban J connectivity index is 1.45. The number of methoxy groups -OCH3 is 1. The molecule has 0 aliphatic carbocycles. The molecule has 6 nitrogen and oxygen atoms in total. The van der Waals surface area contributed by atoms with E-state index in [0.29, 0.717) is 58.7 Å². The summed E-state index contributed by atoms with van der Waals surface area (Å²) in [6.45, 7) is 2.94. The van der Waals surface area contributed by atoms with Gasteiger partial charge in [0.05, 0.1) is 24.7 Å². The lowest BCUT2D eigenvalue weighted by Gasteiger charge is -2.39. The first-order valence-corrected chi connectivity index (χ1v) is 11.5. The van der Waals surface area contributed by atoms with Crippen molar-refractivity contribution < 1.29 is 23.8 Å². The molecule has 1 atom stereocenters. The molecule has 178 valence electrons. The van der Waals surface area contributed by atoms with Gasteiger partial charge in [-0.3, -0.25) is 9.69 Å². The van der Waals surface area contributed by atoms with Gasteiger partial charge in [-0.15, -0.1) is 0 Å². The number of hydrogen-bond acceptors (Lipinski definition) is 5. The molecule has 2 aliphatic heterocycles. The Kier molecular flexibility index (Phi) is 7.02. The lowest BCUT2D eigenvalue weighted by molar-refractivity contribution is -0.141. The molecular formula is C26H33FN2O4. The fourth-order valence-corrected chi connectivity index (χ4v) is 5.18. The summed E-state index contributed by atoms with van der Waals surface area (Å²) < 4.78 is 24.0. The van der Waals surface area contributed by atoms with Crippen molar-refractivity contribution in [2.75, 3.05) is 47.0 Å². The van der Waals surface area contributed by atoms with Gasteiger partial charge >= 0.3 is 0 Å². The van der Waals surface area contributed by atoms with Crippen LogP contribution in [0.2, 0.25) is 0 Å². The molecule has 7 heteroatoms. The number of likely N-dealkylation sites (tertiary alicyclic amines) is 1. The minimum absolute atomic E-state index is 0.0630. The van der Waals surface area contributed by atoms with Crippen molar-refractivity contribution in [2.24, 2.45) is 0 Å². The molecule has 2 aliphatic rings. The number of carbonyl (C=O) groups excluding carboxylic acids is 1. The fourth-order valence-electron chi connectivity index (χ4n) is 5.18. The number of carbonyl (C=O) groups is 1. The van der Waals surface area contributed by atoms with Gasteiger partial charge in [0.25, 0.3) is 0 Å². The predicted molar refractivity (Wildman–Crippen MR) is 124 cm³/mol. The standard InChI is InChI=1S/C26H33FN2O4/c1-28(17-20-3-7-22(27)8-4-20)18-25(31)11-14-29(19-25)24(30)26(12-15-33-16-13-26)21-5-9-23(32-2)10-6-21/h3-10,31H,11-19H2,1-2H3/t25-/m1/s1. The second-order valence-electron chi connectivity index (χ2n) is 9.42. The van der Waals surface area contributed by atoms with Gasteiger partial charge in [-0.25, -0.2) is 4.39 Å². The predicted octanol–water partition coefficient (Wildman–Crippen LogP) is 2.98. The Labute approximate surface area is 194 Å². The Morgan fingerprint density at radius 2 is 1.79 bits per heavy atom. The van der Waals surface area contributed by atoms with Crippen LogP contribution in [-0.2, 0) is 21.5 Å². The van der Waals surface area contributed by atoms with Crippen molar-refractivity contribution in [1.82, 2.24) is 9.80 Å². The third-order valence-electron chi connectivity index (χ3n) is 6.95. The molecule has 2 saturated heterocycles. The zero-order valence-electron chi connectivity index (χ0n) is 19.4. The van der Waals surface area contributed by atoms with Crippen molar-refractivity contribution >= 4 is 5.91 Å². The number of halogens is 1. The van der Waals surface area contributed by atoms with E-state index in [1.54, 1.807) is 19.2 Å². The highest BCUT2D eigenvalue weighted by Gasteiger charge is 2.48. The lowest BCUT2D eigenvalue weighted by Crippen LogP contribution is -2.51. The number of ether oxygens (including phenoxy) is 2. The zero-order valence-corrected chi connectivity index (χ0v) is 19.4. The van der Waals surface area contributed by atoms with E-state index >= 15 is 0 Å². The monoisotopic (exact) mass is 456 g/mol. The van der Waals surface area contributed by atoms with E-state index in [2.05, 4.69) is 0 Å². The van der Waals surface area contributed by atoms with Crippen molar-refractivity contribution in [3.05, 3.63) is 65.5 Å². The van der Waals surface area contributed by atoms with Crippen LogP contribution in [0, 0.1) is 5.82 Å². The van der Waals surface area contributed by atoms with Gasteiger partial charge in [-0.1, -0.05) is 24.3 Å². The first-order chi connectivity index (χ1) is 15.8. The van der Waals surface area contributed by atoms with Gasteiger partial charge in [0.1, 0.15) is 11.6 Å². The molecule has 2 aromatic carbocycles. The summed E-state index contributed by atoms with van der Waals surface area (Å²) in [4.78, 5) is 17.7. The number of hydrogen-bond donors (Lipinski definition) is 1. The number of rotatable bonds is 7. The highest BCUT2D eigenvalue weighted by molar-refractivity contribution is 5.89. The Morgan fingerprint density at radius 1 is 1.12 bits per heavy atom. The molecule has 33 heavy (non-hydrogen) atoms. The second kappa shape index (κ2) is 9.79. The maximum absolute atomic E-state index is 13.9. The molecule has 0 unspecified atom stereocenters. The van der Waals surface area contributed by atoms with E-state index in [-0.39, 0.29) is 11.7 Å². The average Bonchev–Trinajstić information content (AvgIpc) is 3.21. The van der Waals surface area contributed by atoms with Crippen LogP contribution in [0.4, 0.5) is 4.39 Å². The molecule has 0 bridgehead atoms. The second-order valence-corrected chi connectivity index (χ2v) is 9.42. The maximum atomic E-state index is 13.9. The highest BCUT2D eigenvalue weighted by Crippen LogP contribution is 2.39. The summed E-state index contributed by atoms with van der Waals surface area (Å²) in [7, 11) is 3.56. The van der Waals surface area contributed by atoms with Gasteiger partial charge < -0.3 is 19.5 Å². The fraction of sp³-hybridized carbons (Fsp3) is 0.500. The largest absolute Gasteiger partial charge is 0.497 e. The molecule has 0 aromatic heterocycles. The number of amides is 1. The summed E-state index contributed by atoms with van der Waals surface area (Å²) in [5.41, 5.74) is 0.335. The van der Waals surface area contributed by atoms with Crippen LogP contribution in [-0.4, -0.2) is 73.4 Å². The lowest BCUT2D eigenvalue weighted by atomic mass is 9.73.